The molecule has 0 aromatic rings. The molecule has 0 saturated heterocycles. The van der Waals surface area contributed by atoms with Crippen LogP contribution in [0.25, 0.3) is 0 Å². The summed E-state index contributed by atoms with van der Waals surface area (Å²) >= 11 is 0. The Kier molecular flexibility index (Phi) is 3.60. The van der Waals surface area contributed by atoms with Gasteiger partial charge in [-0.2, -0.15) is 0 Å². The molecule has 3 unspecified atom stereocenters. The summed E-state index contributed by atoms with van der Waals surface area (Å²) in [5.74, 6) is 1.61. The molecule has 2 rings (SSSR count). The maximum absolute atomic E-state index is 6.17. The molecule has 0 aliphatic heterocycles. The predicted molar refractivity (Wildman–Crippen MR) is 69.4 cm³/mol. The average Bonchev–Trinajstić information content (AvgIpc) is 2.19. The molecule has 2 N–H and O–H groups in total. The molecule has 2 nitrogen and oxygen atoms in total. The number of hydrogen-bond donors (Lipinski definition) is 1. The predicted octanol–water partition coefficient (Wildman–Crippen LogP) is 2.62. The molecule has 16 heavy (non-hydrogen) atoms. The van der Waals surface area contributed by atoms with Crippen molar-refractivity contribution < 1.29 is 0 Å². The van der Waals surface area contributed by atoms with Gasteiger partial charge in [-0.1, -0.05) is 26.7 Å². The Morgan fingerprint density at radius 3 is 2.38 bits per heavy atom. The van der Waals surface area contributed by atoms with E-state index < -0.39 is 0 Å². The maximum Gasteiger partial charge on any atom is 0.0359 e. The number of likely N-dealkylation sites (N-methyl/N-ethyl adjacent to an activating group) is 1. The second-order valence-corrected chi connectivity index (χ2v) is 6.29. The third-order valence-corrected chi connectivity index (χ3v) is 5.39. The molecule has 0 heterocycles. The second kappa shape index (κ2) is 4.66. The minimum Gasteiger partial charge on any atom is -0.329 e. The van der Waals surface area contributed by atoms with E-state index >= 15 is 0 Å². The molecule has 0 bridgehead atoms. The van der Waals surface area contributed by atoms with Crippen LogP contribution in [0.2, 0.25) is 0 Å². The number of hydrogen-bond acceptors (Lipinski definition) is 2. The summed E-state index contributed by atoms with van der Waals surface area (Å²) in [7, 11) is 2.32. The number of rotatable bonds is 3. The molecular formula is C14H28N2. The minimum absolute atomic E-state index is 0.294. The van der Waals surface area contributed by atoms with Crippen molar-refractivity contribution in [2.45, 2.75) is 64.0 Å². The Morgan fingerprint density at radius 1 is 1.19 bits per heavy atom. The standard InChI is InChI=1S/C14H28N2/c1-11-7-8-12(2)14(9-11,10-15)16(3)13-5-4-6-13/h11-13H,4-10,15H2,1-3H3. The van der Waals surface area contributed by atoms with Crippen LogP contribution in [0, 0.1) is 11.8 Å². The van der Waals surface area contributed by atoms with Crippen LogP contribution in [-0.4, -0.2) is 30.1 Å². The Balaban J connectivity index is 2.14. The number of nitrogens with two attached hydrogens (primary N) is 1. The van der Waals surface area contributed by atoms with Gasteiger partial charge < -0.3 is 5.73 Å². The van der Waals surface area contributed by atoms with Crippen molar-refractivity contribution in [3.63, 3.8) is 0 Å². The van der Waals surface area contributed by atoms with Gasteiger partial charge in [-0.25, -0.2) is 0 Å². The topological polar surface area (TPSA) is 29.3 Å². The normalized spacial score (nSPS) is 41.1. The van der Waals surface area contributed by atoms with E-state index in [1.807, 2.05) is 0 Å². The molecule has 2 heteroatoms. The Hall–Kier alpha value is -0.0800. The fourth-order valence-electron chi connectivity index (χ4n) is 3.77. The van der Waals surface area contributed by atoms with E-state index in [1.165, 1.54) is 38.5 Å². The van der Waals surface area contributed by atoms with E-state index in [0.29, 0.717) is 5.54 Å². The summed E-state index contributed by atoms with van der Waals surface area (Å²) < 4.78 is 0. The molecular weight excluding hydrogens is 196 g/mol. The van der Waals surface area contributed by atoms with Crippen LogP contribution in [0.4, 0.5) is 0 Å². The zero-order valence-electron chi connectivity index (χ0n) is 11.2. The molecule has 2 saturated carbocycles. The summed E-state index contributed by atoms with van der Waals surface area (Å²) in [6, 6.07) is 0.816. The van der Waals surface area contributed by atoms with Gasteiger partial charge in [0.05, 0.1) is 0 Å². The van der Waals surface area contributed by atoms with Crippen molar-refractivity contribution in [2.75, 3.05) is 13.6 Å². The minimum atomic E-state index is 0.294. The first-order valence-corrected chi connectivity index (χ1v) is 7.03. The summed E-state index contributed by atoms with van der Waals surface area (Å²) in [5, 5.41) is 0. The molecule has 3 atom stereocenters. The first-order valence-electron chi connectivity index (χ1n) is 7.03. The van der Waals surface area contributed by atoms with Crippen molar-refractivity contribution in [3.8, 4) is 0 Å². The van der Waals surface area contributed by atoms with Gasteiger partial charge in [0.25, 0.3) is 0 Å². The Morgan fingerprint density at radius 2 is 1.88 bits per heavy atom. The smallest absolute Gasteiger partial charge is 0.0359 e. The van der Waals surface area contributed by atoms with Crippen LogP contribution in [0.5, 0.6) is 0 Å². The first kappa shape index (κ1) is 12.4. The van der Waals surface area contributed by atoms with Crippen LogP contribution < -0.4 is 5.73 Å². The second-order valence-electron chi connectivity index (χ2n) is 6.29. The zero-order chi connectivity index (χ0) is 11.8. The van der Waals surface area contributed by atoms with Gasteiger partial charge >= 0.3 is 0 Å². The van der Waals surface area contributed by atoms with Crippen molar-refractivity contribution in [1.29, 1.82) is 0 Å². The van der Waals surface area contributed by atoms with Gasteiger partial charge in [0.15, 0.2) is 0 Å². The highest BCUT2D eigenvalue weighted by Gasteiger charge is 2.45. The number of nitrogens with zero attached hydrogens (tertiary/aromatic N) is 1. The third-order valence-electron chi connectivity index (χ3n) is 5.39. The van der Waals surface area contributed by atoms with Gasteiger partial charge in [-0.05, 0) is 44.6 Å². The highest BCUT2D eigenvalue weighted by molar-refractivity contribution is 5.01. The molecule has 0 amide bonds. The van der Waals surface area contributed by atoms with Gasteiger partial charge in [0.2, 0.25) is 0 Å². The molecule has 0 aromatic carbocycles. The highest BCUT2D eigenvalue weighted by Crippen LogP contribution is 2.43. The summed E-state index contributed by atoms with van der Waals surface area (Å²) in [6.07, 6.45) is 8.24. The lowest BCUT2D eigenvalue weighted by Gasteiger charge is -2.54. The van der Waals surface area contributed by atoms with Crippen LogP contribution in [0.1, 0.15) is 52.4 Å². The molecule has 0 aromatic heterocycles. The lowest BCUT2D eigenvalue weighted by Crippen LogP contribution is -2.62. The van der Waals surface area contributed by atoms with E-state index in [9.17, 15) is 0 Å². The first-order chi connectivity index (χ1) is 7.60. The Bertz CT molecular complexity index is 237. The van der Waals surface area contributed by atoms with Crippen molar-refractivity contribution in [3.05, 3.63) is 0 Å². The van der Waals surface area contributed by atoms with Crippen LogP contribution in [-0.2, 0) is 0 Å². The van der Waals surface area contributed by atoms with Gasteiger partial charge in [0, 0.05) is 18.1 Å². The molecule has 94 valence electrons. The molecule has 0 radical (unpaired) electrons. The van der Waals surface area contributed by atoms with E-state index in [4.69, 9.17) is 5.73 Å². The van der Waals surface area contributed by atoms with Gasteiger partial charge in [0.1, 0.15) is 0 Å². The van der Waals surface area contributed by atoms with Gasteiger partial charge in [-0.15, -0.1) is 0 Å². The van der Waals surface area contributed by atoms with Crippen molar-refractivity contribution >= 4 is 0 Å². The lowest BCUT2D eigenvalue weighted by atomic mass is 9.67. The van der Waals surface area contributed by atoms with Crippen LogP contribution in [0.3, 0.4) is 0 Å². The molecule has 2 aliphatic carbocycles. The molecule has 0 spiro atoms. The van der Waals surface area contributed by atoms with Crippen LogP contribution in [0.15, 0.2) is 0 Å². The quantitative estimate of drug-likeness (QED) is 0.798. The zero-order valence-corrected chi connectivity index (χ0v) is 11.2. The maximum atomic E-state index is 6.17. The Labute approximate surface area is 101 Å². The summed E-state index contributed by atoms with van der Waals surface area (Å²) in [4.78, 5) is 2.65. The van der Waals surface area contributed by atoms with Crippen molar-refractivity contribution in [2.24, 2.45) is 17.6 Å². The average molecular weight is 224 g/mol. The van der Waals surface area contributed by atoms with Crippen molar-refractivity contribution in [1.82, 2.24) is 4.90 Å². The lowest BCUT2D eigenvalue weighted by molar-refractivity contribution is -0.0343. The van der Waals surface area contributed by atoms with E-state index in [2.05, 4.69) is 25.8 Å². The fourth-order valence-corrected chi connectivity index (χ4v) is 3.77. The van der Waals surface area contributed by atoms with E-state index in [-0.39, 0.29) is 0 Å². The monoisotopic (exact) mass is 224 g/mol. The molecule has 2 fully saturated rings. The SMILES string of the molecule is CC1CCC(C)C(CN)(N(C)C2CCC2)C1. The molecule has 2 aliphatic rings. The van der Waals surface area contributed by atoms with E-state index in [0.717, 1.165) is 24.4 Å². The summed E-state index contributed by atoms with van der Waals surface area (Å²) in [5.41, 5.74) is 6.46. The highest BCUT2D eigenvalue weighted by atomic mass is 15.2. The van der Waals surface area contributed by atoms with Crippen LogP contribution >= 0.6 is 0 Å². The van der Waals surface area contributed by atoms with Gasteiger partial charge in [-0.3, -0.25) is 4.90 Å². The van der Waals surface area contributed by atoms with E-state index in [1.54, 1.807) is 0 Å². The third kappa shape index (κ3) is 1.91. The largest absolute Gasteiger partial charge is 0.329 e. The summed E-state index contributed by atoms with van der Waals surface area (Å²) in [6.45, 7) is 5.64. The fraction of sp³-hybridized carbons (Fsp3) is 1.00.